The number of methoxy groups -OCH3 is 1. The van der Waals surface area contributed by atoms with E-state index in [0.717, 1.165) is 0 Å². The molecular formula is C17H15FO5. The van der Waals surface area contributed by atoms with Crippen molar-refractivity contribution in [1.82, 2.24) is 0 Å². The second kappa shape index (κ2) is 6.66. The predicted octanol–water partition coefficient (Wildman–Crippen LogP) is 3.06. The van der Waals surface area contributed by atoms with Gasteiger partial charge in [-0.3, -0.25) is 0 Å². The van der Waals surface area contributed by atoms with Crippen LogP contribution in [0.1, 0.15) is 21.5 Å². The van der Waals surface area contributed by atoms with Crippen molar-refractivity contribution in [2.45, 2.75) is 13.2 Å². The van der Waals surface area contributed by atoms with Gasteiger partial charge in [-0.15, -0.1) is 0 Å². The zero-order valence-electron chi connectivity index (χ0n) is 12.5. The fourth-order valence-corrected chi connectivity index (χ4v) is 2.33. The van der Waals surface area contributed by atoms with Gasteiger partial charge in [-0.1, -0.05) is 0 Å². The van der Waals surface area contributed by atoms with Crippen LogP contribution in [0.4, 0.5) is 4.39 Å². The van der Waals surface area contributed by atoms with Crippen LogP contribution >= 0.6 is 0 Å². The number of halogens is 1. The summed E-state index contributed by atoms with van der Waals surface area (Å²) >= 11 is 0. The molecule has 0 N–H and O–H groups in total. The Balaban J connectivity index is 1.73. The molecule has 23 heavy (non-hydrogen) atoms. The lowest BCUT2D eigenvalue weighted by molar-refractivity contribution is -0.0178. The quantitative estimate of drug-likeness (QED) is 0.811. The number of ether oxygens (including phenoxy) is 4. The summed E-state index contributed by atoms with van der Waals surface area (Å²) in [5.41, 5.74) is 1.71. The van der Waals surface area contributed by atoms with E-state index in [2.05, 4.69) is 4.74 Å². The molecular weight excluding hydrogens is 303 g/mol. The van der Waals surface area contributed by atoms with Crippen LogP contribution in [-0.4, -0.2) is 19.9 Å². The summed E-state index contributed by atoms with van der Waals surface area (Å²) in [5, 5.41) is 0. The molecule has 2 aromatic rings. The van der Waals surface area contributed by atoms with Gasteiger partial charge in [0, 0.05) is 11.1 Å². The Kier molecular flexibility index (Phi) is 4.43. The lowest BCUT2D eigenvalue weighted by atomic mass is 10.1. The first-order chi connectivity index (χ1) is 11.2. The molecule has 0 aromatic heterocycles. The fraction of sp³-hybridized carbons (Fsp3) is 0.235. The number of benzene rings is 2. The molecule has 0 amide bonds. The highest BCUT2D eigenvalue weighted by atomic mass is 19.1. The molecule has 1 aliphatic rings. The first kappa shape index (κ1) is 15.3. The molecule has 0 fully saturated rings. The molecule has 1 aliphatic heterocycles. The second-order valence-electron chi connectivity index (χ2n) is 4.97. The van der Waals surface area contributed by atoms with E-state index in [-0.39, 0.29) is 19.2 Å². The zero-order chi connectivity index (χ0) is 16.2. The fourth-order valence-electron chi connectivity index (χ4n) is 2.33. The van der Waals surface area contributed by atoms with Gasteiger partial charge in [-0.25, -0.2) is 9.18 Å². The Hall–Kier alpha value is -2.60. The monoisotopic (exact) mass is 318 g/mol. The van der Waals surface area contributed by atoms with Gasteiger partial charge in [-0.05, 0) is 36.4 Å². The maximum atomic E-state index is 13.6. The van der Waals surface area contributed by atoms with E-state index in [0.29, 0.717) is 34.8 Å². The van der Waals surface area contributed by atoms with Crippen molar-refractivity contribution in [2.24, 2.45) is 0 Å². The van der Waals surface area contributed by atoms with E-state index in [9.17, 15) is 9.18 Å². The number of fused-ring (bicyclic) bond motifs is 1. The Morgan fingerprint density at radius 1 is 1.26 bits per heavy atom. The molecule has 3 rings (SSSR count). The molecule has 0 spiro atoms. The lowest BCUT2D eigenvalue weighted by Crippen LogP contribution is -2.14. The van der Waals surface area contributed by atoms with Gasteiger partial charge in [0.1, 0.15) is 23.9 Å². The Bertz CT molecular complexity index is 712. The van der Waals surface area contributed by atoms with E-state index in [1.165, 1.54) is 19.2 Å². The van der Waals surface area contributed by atoms with Gasteiger partial charge >= 0.3 is 5.97 Å². The molecule has 0 aliphatic carbocycles. The van der Waals surface area contributed by atoms with Crippen molar-refractivity contribution in [2.75, 3.05) is 13.9 Å². The van der Waals surface area contributed by atoms with E-state index in [1.54, 1.807) is 24.3 Å². The van der Waals surface area contributed by atoms with Gasteiger partial charge < -0.3 is 18.9 Å². The normalized spacial score (nSPS) is 13.0. The summed E-state index contributed by atoms with van der Waals surface area (Å²) in [4.78, 5) is 11.4. The Morgan fingerprint density at radius 2 is 2.04 bits per heavy atom. The van der Waals surface area contributed by atoms with E-state index in [1.807, 2.05) is 0 Å². The highest BCUT2D eigenvalue weighted by molar-refractivity contribution is 5.89. The molecule has 120 valence electrons. The molecule has 0 saturated heterocycles. The number of carbonyl (C=O) groups is 1. The molecule has 5 nitrogen and oxygen atoms in total. The highest BCUT2D eigenvalue weighted by Gasteiger charge is 2.17. The van der Waals surface area contributed by atoms with Crippen LogP contribution in [0.5, 0.6) is 11.5 Å². The third-order valence-corrected chi connectivity index (χ3v) is 3.42. The summed E-state index contributed by atoms with van der Waals surface area (Å²) < 4.78 is 34.5. The van der Waals surface area contributed by atoms with Gasteiger partial charge in [0.15, 0.2) is 6.79 Å². The van der Waals surface area contributed by atoms with Crippen LogP contribution in [-0.2, 0) is 22.7 Å². The highest BCUT2D eigenvalue weighted by Crippen LogP contribution is 2.30. The third kappa shape index (κ3) is 3.43. The molecule has 0 radical (unpaired) electrons. The van der Waals surface area contributed by atoms with Crippen molar-refractivity contribution in [3.8, 4) is 11.5 Å². The third-order valence-electron chi connectivity index (χ3n) is 3.42. The van der Waals surface area contributed by atoms with E-state index in [4.69, 9.17) is 14.2 Å². The SMILES string of the molecule is COC(=O)c1ccc(OCc2cc(F)cc3c2OCOC3)cc1. The second-order valence-corrected chi connectivity index (χ2v) is 4.97. The zero-order valence-corrected chi connectivity index (χ0v) is 12.5. The van der Waals surface area contributed by atoms with Crippen LogP contribution in [0, 0.1) is 5.82 Å². The molecule has 6 heteroatoms. The van der Waals surface area contributed by atoms with Crippen LogP contribution in [0.15, 0.2) is 36.4 Å². The minimum Gasteiger partial charge on any atom is -0.489 e. The molecule has 2 aromatic carbocycles. The summed E-state index contributed by atoms with van der Waals surface area (Å²) in [6, 6.07) is 9.29. The minimum atomic E-state index is -0.413. The first-order valence-corrected chi connectivity index (χ1v) is 7.00. The maximum absolute atomic E-state index is 13.6. The molecule has 0 unspecified atom stereocenters. The number of hydrogen-bond acceptors (Lipinski definition) is 5. The smallest absolute Gasteiger partial charge is 0.337 e. The largest absolute Gasteiger partial charge is 0.489 e. The average molecular weight is 318 g/mol. The van der Waals surface area contributed by atoms with Crippen LogP contribution in [0.2, 0.25) is 0 Å². The van der Waals surface area contributed by atoms with Crippen molar-refractivity contribution in [3.63, 3.8) is 0 Å². The minimum absolute atomic E-state index is 0.138. The van der Waals surface area contributed by atoms with Crippen molar-refractivity contribution in [3.05, 3.63) is 58.9 Å². The molecule has 0 bridgehead atoms. The first-order valence-electron chi connectivity index (χ1n) is 7.00. The van der Waals surface area contributed by atoms with Crippen LogP contribution < -0.4 is 9.47 Å². The Morgan fingerprint density at radius 3 is 2.78 bits per heavy atom. The average Bonchev–Trinajstić information content (AvgIpc) is 2.59. The van der Waals surface area contributed by atoms with Crippen LogP contribution in [0.3, 0.4) is 0 Å². The lowest BCUT2D eigenvalue weighted by Gasteiger charge is -2.21. The van der Waals surface area contributed by atoms with Gasteiger partial charge in [0.2, 0.25) is 0 Å². The Labute approximate surface area is 132 Å². The number of hydrogen-bond donors (Lipinski definition) is 0. The van der Waals surface area contributed by atoms with Gasteiger partial charge in [0.05, 0.1) is 19.3 Å². The number of carbonyl (C=O) groups excluding carboxylic acids is 1. The number of rotatable bonds is 4. The standard InChI is InChI=1S/C17H15FO5/c1-20-17(19)11-2-4-15(5-3-11)22-9-13-7-14(18)6-12-8-21-10-23-16(12)13/h2-7H,8-10H2,1H3. The summed E-state index contributed by atoms with van der Waals surface area (Å²) in [7, 11) is 1.32. The van der Waals surface area contributed by atoms with E-state index < -0.39 is 5.97 Å². The van der Waals surface area contributed by atoms with Crippen molar-refractivity contribution in [1.29, 1.82) is 0 Å². The maximum Gasteiger partial charge on any atom is 0.337 e. The van der Waals surface area contributed by atoms with Gasteiger partial charge in [0.25, 0.3) is 0 Å². The molecule has 1 heterocycles. The molecule has 0 atom stereocenters. The summed E-state index contributed by atoms with van der Waals surface area (Å²) in [6.07, 6.45) is 0. The van der Waals surface area contributed by atoms with E-state index >= 15 is 0 Å². The van der Waals surface area contributed by atoms with Crippen LogP contribution in [0.25, 0.3) is 0 Å². The topological polar surface area (TPSA) is 54.0 Å². The molecule has 0 saturated carbocycles. The summed E-state index contributed by atoms with van der Waals surface area (Å²) in [6.45, 7) is 0.602. The van der Waals surface area contributed by atoms with Gasteiger partial charge in [-0.2, -0.15) is 0 Å². The number of esters is 1. The van der Waals surface area contributed by atoms with Crippen molar-refractivity contribution >= 4 is 5.97 Å². The summed E-state index contributed by atoms with van der Waals surface area (Å²) in [5.74, 6) is 0.383. The van der Waals surface area contributed by atoms with Crippen molar-refractivity contribution < 1.29 is 28.1 Å². The predicted molar refractivity (Wildman–Crippen MR) is 78.8 cm³/mol.